The van der Waals surface area contributed by atoms with E-state index >= 15 is 0 Å². The summed E-state index contributed by atoms with van der Waals surface area (Å²) in [6.07, 6.45) is 2.10. The van der Waals surface area contributed by atoms with E-state index in [1.165, 1.54) is 11.3 Å². The molecule has 3 aromatic rings. The van der Waals surface area contributed by atoms with Crippen LogP contribution in [0.4, 0.5) is 5.69 Å². The summed E-state index contributed by atoms with van der Waals surface area (Å²) in [6, 6.07) is 15.6. The molecular formula is C23H23ClN4OS2. The minimum Gasteiger partial charge on any atom is -0.352 e. The molecule has 1 fully saturated rings. The molecule has 0 bridgehead atoms. The van der Waals surface area contributed by atoms with Crippen LogP contribution in [0.3, 0.4) is 0 Å². The van der Waals surface area contributed by atoms with E-state index < -0.39 is 0 Å². The quantitative estimate of drug-likeness (QED) is 0.471. The van der Waals surface area contributed by atoms with Crippen molar-refractivity contribution >= 4 is 51.9 Å². The van der Waals surface area contributed by atoms with E-state index in [9.17, 15) is 4.79 Å². The van der Waals surface area contributed by atoms with Crippen LogP contribution in [-0.2, 0) is 4.79 Å². The minimum absolute atomic E-state index is 0.0410. The molecule has 4 rings (SSSR count). The molecule has 0 saturated carbocycles. The number of halogens is 1. The zero-order valence-electron chi connectivity index (χ0n) is 17.3. The number of carbonyl (C=O) groups is 1. The third-order valence-electron chi connectivity index (χ3n) is 5.33. The molecule has 1 aliphatic rings. The third kappa shape index (κ3) is 4.89. The van der Waals surface area contributed by atoms with Crippen molar-refractivity contribution in [3.63, 3.8) is 0 Å². The number of benzene rings is 1. The first kappa shape index (κ1) is 21.7. The second-order valence-electron chi connectivity index (χ2n) is 7.58. The minimum atomic E-state index is -0.106. The van der Waals surface area contributed by atoms with Gasteiger partial charge in [0, 0.05) is 29.7 Å². The highest BCUT2D eigenvalue weighted by atomic mass is 35.5. The Morgan fingerprint density at radius 1 is 1.26 bits per heavy atom. The van der Waals surface area contributed by atoms with E-state index in [2.05, 4.69) is 20.5 Å². The zero-order chi connectivity index (χ0) is 22.0. The van der Waals surface area contributed by atoms with E-state index in [4.69, 9.17) is 23.8 Å². The molecule has 1 saturated heterocycles. The Bertz CT molecular complexity index is 1100. The highest BCUT2D eigenvalue weighted by Crippen LogP contribution is 2.42. The first-order valence-electron chi connectivity index (χ1n) is 10.0. The van der Waals surface area contributed by atoms with Crippen LogP contribution in [0.5, 0.6) is 0 Å². The topological polar surface area (TPSA) is 57.3 Å². The van der Waals surface area contributed by atoms with Gasteiger partial charge in [0.2, 0.25) is 5.91 Å². The Morgan fingerprint density at radius 2 is 2.10 bits per heavy atom. The molecule has 1 aromatic carbocycles. The number of carbonyl (C=O) groups excluding carboxylic acids is 1. The van der Waals surface area contributed by atoms with Gasteiger partial charge in [0.05, 0.1) is 22.1 Å². The fourth-order valence-corrected chi connectivity index (χ4v) is 5.29. The van der Waals surface area contributed by atoms with Crippen molar-refractivity contribution in [2.24, 2.45) is 0 Å². The van der Waals surface area contributed by atoms with Crippen molar-refractivity contribution in [1.29, 1.82) is 0 Å². The van der Waals surface area contributed by atoms with Crippen LogP contribution in [0.25, 0.3) is 0 Å². The van der Waals surface area contributed by atoms with E-state index in [0.717, 1.165) is 31.7 Å². The second kappa shape index (κ2) is 9.34. The smallest absolute Gasteiger partial charge is 0.226 e. The number of amides is 1. The number of pyridine rings is 1. The van der Waals surface area contributed by atoms with Crippen molar-refractivity contribution in [3.05, 3.63) is 80.8 Å². The van der Waals surface area contributed by atoms with Gasteiger partial charge in [-0.05, 0) is 67.5 Å². The summed E-state index contributed by atoms with van der Waals surface area (Å²) in [4.78, 5) is 20.4. The lowest BCUT2D eigenvalue weighted by molar-refractivity contribution is -0.116. The molecule has 2 aromatic heterocycles. The Balaban J connectivity index is 1.52. The number of hydrogen-bond donors (Lipinski definition) is 2. The summed E-state index contributed by atoms with van der Waals surface area (Å²) in [5.41, 5.74) is 3.90. The normalized spacial score (nSPS) is 18.2. The van der Waals surface area contributed by atoms with Gasteiger partial charge in [0.25, 0.3) is 0 Å². The molecule has 0 aliphatic carbocycles. The summed E-state index contributed by atoms with van der Waals surface area (Å²) in [6.45, 7) is 4.49. The van der Waals surface area contributed by atoms with Gasteiger partial charge in [0.15, 0.2) is 5.11 Å². The molecule has 0 radical (unpaired) electrons. The largest absolute Gasteiger partial charge is 0.352 e. The van der Waals surface area contributed by atoms with Crippen molar-refractivity contribution < 1.29 is 4.79 Å². The first-order chi connectivity index (χ1) is 14.9. The zero-order valence-corrected chi connectivity index (χ0v) is 19.7. The molecule has 8 heteroatoms. The summed E-state index contributed by atoms with van der Waals surface area (Å²) >= 11 is 13.4. The molecular weight excluding hydrogens is 448 g/mol. The Morgan fingerprint density at radius 3 is 2.81 bits per heavy atom. The van der Waals surface area contributed by atoms with Crippen LogP contribution >= 0.6 is 35.2 Å². The van der Waals surface area contributed by atoms with Gasteiger partial charge in [-0.25, -0.2) is 0 Å². The first-order valence-corrected chi connectivity index (χ1v) is 11.6. The van der Waals surface area contributed by atoms with Crippen LogP contribution in [0.1, 0.15) is 40.2 Å². The van der Waals surface area contributed by atoms with Crippen molar-refractivity contribution in [1.82, 2.24) is 15.2 Å². The Hall–Kier alpha value is -2.48. The number of hydrogen-bond acceptors (Lipinski definition) is 4. The fraction of sp³-hybridized carbons (Fsp3) is 0.261. The van der Waals surface area contributed by atoms with Crippen molar-refractivity contribution in [2.75, 3.05) is 11.9 Å². The number of thiophene rings is 1. The van der Waals surface area contributed by atoms with Crippen LogP contribution in [0, 0.1) is 13.8 Å². The lowest BCUT2D eigenvalue weighted by atomic mass is 10.0. The van der Waals surface area contributed by atoms with Crippen molar-refractivity contribution in [2.45, 2.75) is 32.4 Å². The van der Waals surface area contributed by atoms with Crippen LogP contribution < -0.4 is 10.6 Å². The Labute approximate surface area is 196 Å². The molecule has 1 aliphatic heterocycles. The molecule has 160 valence electrons. The summed E-state index contributed by atoms with van der Waals surface area (Å²) in [5, 5.41) is 7.04. The standard InChI is InChI=1S/C23H23ClN4OS2/c1-14-6-7-15(2)17(13-14)26-20(29)10-12-28-22(18-8-9-19(24)31-18)21(27-23(28)30)16-5-3-4-11-25-16/h3-9,11,13,21-22H,10,12H2,1-2H3,(H,26,29)(H,27,30). The molecule has 1 amide bonds. The number of nitrogens with zero attached hydrogens (tertiary/aromatic N) is 2. The van der Waals surface area contributed by atoms with E-state index in [1.807, 2.05) is 62.4 Å². The molecule has 31 heavy (non-hydrogen) atoms. The number of thiocarbonyl (C=S) groups is 1. The molecule has 5 nitrogen and oxygen atoms in total. The average molecular weight is 471 g/mol. The average Bonchev–Trinajstić information content (AvgIpc) is 3.32. The van der Waals surface area contributed by atoms with Crippen LogP contribution in [0.15, 0.2) is 54.7 Å². The summed E-state index contributed by atoms with van der Waals surface area (Å²) in [7, 11) is 0. The predicted octanol–water partition coefficient (Wildman–Crippen LogP) is 5.41. The van der Waals surface area contributed by atoms with E-state index in [0.29, 0.717) is 18.1 Å². The number of anilines is 1. The Kier molecular flexibility index (Phi) is 6.55. The van der Waals surface area contributed by atoms with E-state index in [1.54, 1.807) is 6.20 Å². The maximum atomic E-state index is 12.7. The fourth-order valence-electron chi connectivity index (χ4n) is 3.75. The third-order valence-corrected chi connectivity index (χ3v) is 6.98. The summed E-state index contributed by atoms with van der Waals surface area (Å²) in [5.74, 6) is -0.0410. The van der Waals surface area contributed by atoms with Crippen molar-refractivity contribution in [3.8, 4) is 0 Å². The van der Waals surface area contributed by atoms with E-state index in [-0.39, 0.29) is 18.0 Å². The molecule has 3 heterocycles. The van der Waals surface area contributed by atoms with Gasteiger partial charge in [-0.2, -0.15) is 0 Å². The van der Waals surface area contributed by atoms with Crippen LogP contribution in [-0.4, -0.2) is 27.4 Å². The lowest BCUT2D eigenvalue weighted by Crippen LogP contribution is -2.32. The molecule has 2 atom stereocenters. The molecule has 0 spiro atoms. The second-order valence-corrected chi connectivity index (χ2v) is 9.71. The van der Waals surface area contributed by atoms with Gasteiger partial charge in [-0.1, -0.05) is 29.8 Å². The molecule has 2 N–H and O–H groups in total. The maximum Gasteiger partial charge on any atom is 0.226 e. The lowest BCUT2D eigenvalue weighted by Gasteiger charge is -2.26. The predicted molar refractivity (Wildman–Crippen MR) is 131 cm³/mol. The van der Waals surface area contributed by atoms with Gasteiger partial charge >= 0.3 is 0 Å². The number of rotatable bonds is 6. The maximum absolute atomic E-state index is 12.7. The molecule has 2 unspecified atom stereocenters. The van der Waals surface area contributed by atoms with Gasteiger partial charge in [-0.15, -0.1) is 11.3 Å². The SMILES string of the molecule is Cc1ccc(C)c(NC(=O)CCN2C(=S)NC(c3ccccn3)C2c2ccc(Cl)s2)c1. The number of aromatic nitrogens is 1. The van der Waals surface area contributed by atoms with Gasteiger partial charge in [-0.3, -0.25) is 9.78 Å². The number of nitrogens with one attached hydrogen (secondary N) is 2. The number of aryl methyl sites for hydroxylation is 2. The van der Waals surface area contributed by atoms with Gasteiger partial charge < -0.3 is 15.5 Å². The summed E-state index contributed by atoms with van der Waals surface area (Å²) < 4.78 is 0.722. The highest BCUT2D eigenvalue weighted by molar-refractivity contribution is 7.80. The van der Waals surface area contributed by atoms with Gasteiger partial charge in [0.1, 0.15) is 0 Å². The van der Waals surface area contributed by atoms with Crippen LogP contribution in [0.2, 0.25) is 4.34 Å². The monoisotopic (exact) mass is 470 g/mol. The highest BCUT2D eigenvalue weighted by Gasteiger charge is 2.40.